The average molecular weight is 282 g/mol. The minimum absolute atomic E-state index is 0.0575. The zero-order valence-electron chi connectivity index (χ0n) is 12.8. The smallest absolute Gasteiger partial charge is 0.240 e. The molecule has 6 nitrogen and oxygen atoms in total. The lowest BCUT2D eigenvalue weighted by atomic mass is 10.2. The molecule has 114 valence electrons. The highest BCUT2D eigenvalue weighted by atomic mass is 16.5. The first-order chi connectivity index (χ1) is 9.69. The van der Waals surface area contributed by atoms with Crippen LogP contribution in [0.1, 0.15) is 45.0 Å². The van der Waals surface area contributed by atoms with Crippen LogP contribution in [0.3, 0.4) is 0 Å². The highest BCUT2D eigenvalue weighted by Crippen LogP contribution is 2.19. The van der Waals surface area contributed by atoms with Crippen molar-refractivity contribution in [1.29, 1.82) is 0 Å². The van der Waals surface area contributed by atoms with Gasteiger partial charge in [-0.05, 0) is 25.4 Å². The van der Waals surface area contributed by atoms with E-state index in [4.69, 9.17) is 9.26 Å². The maximum Gasteiger partial charge on any atom is 0.240 e. The molecule has 1 aliphatic rings. The third-order valence-electron chi connectivity index (χ3n) is 3.29. The Bertz CT molecular complexity index is 392. The molecular formula is C14H26N4O2. The summed E-state index contributed by atoms with van der Waals surface area (Å²) in [5.41, 5.74) is 0. The molecule has 2 heterocycles. The summed E-state index contributed by atoms with van der Waals surface area (Å²) in [6.45, 7) is 11.8. The third kappa shape index (κ3) is 4.54. The monoisotopic (exact) mass is 282 g/mol. The molecule has 1 saturated heterocycles. The van der Waals surface area contributed by atoms with Crippen molar-refractivity contribution < 1.29 is 9.26 Å². The molecule has 2 rings (SSSR count). The van der Waals surface area contributed by atoms with E-state index in [1.54, 1.807) is 0 Å². The second-order valence-corrected chi connectivity index (χ2v) is 5.73. The predicted octanol–water partition coefficient (Wildman–Crippen LogP) is 1.60. The van der Waals surface area contributed by atoms with E-state index in [9.17, 15) is 0 Å². The fourth-order valence-electron chi connectivity index (χ4n) is 2.32. The van der Waals surface area contributed by atoms with Crippen molar-refractivity contribution in [2.75, 3.05) is 32.8 Å². The molecule has 1 fully saturated rings. The summed E-state index contributed by atoms with van der Waals surface area (Å²) in [5.74, 6) is 1.92. The standard InChI is InChI=1S/C14H26N4O2/c1-4-5-18-6-7-19-12(10-18)14-16-13(20-17-14)9-15-8-11(2)3/h11-12,15H,4-10H2,1-3H3. The molecule has 0 amide bonds. The molecular weight excluding hydrogens is 256 g/mol. The molecule has 20 heavy (non-hydrogen) atoms. The van der Waals surface area contributed by atoms with E-state index in [2.05, 4.69) is 41.1 Å². The van der Waals surface area contributed by atoms with E-state index in [1.807, 2.05) is 0 Å². The number of ether oxygens (including phenoxy) is 1. The summed E-state index contributed by atoms with van der Waals surface area (Å²) in [4.78, 5) is 6.82. The number of rotatable bonds is 7. The van der Waals surface area contributed by atoms with Crippen LogP contribution >= 0.6 is 0 Å². The number of aromatic nitrogens is 2. The zero-order chi connectivity index (χ0) is 14.4. The fourth-order valence-corrected chi connectivity index (χ4v) is 2.32. The topological polar surface area (TPSA) is 63.4 Å². The normalized spacial score (nSPS) is 20.7. The molecule has 0 saturated carbocycles. The van der Waals surface area contributed by atoms with E-state index < -0.39 is 0 Å². The van der Waals surface area contributed by atoms with Crippen LogP contribution in [0.5, 0.6) is 0 Å². The van der Waals surface area contributed by atoms with Gasteiger partial charge in [-0.1, -0.05) is 25.9 Å². The Balaban J connectivity index is 1.84. The maximum absolute atomic E-state index is 5.75. The first-order valence-electron chi connectivity index (χ1n) is 7.56. The van der Waals surface area contributed by atoms with Gasteiger partial charge in [0, 0.05) is 13.1 Å². The van der Waals surface area contributed by atoms with E-state index in [0.717, 1.165) is 39.2 Å². The average Bonchev–Trinajstić information content (AvgIpc) is 2.88. The predicted molar refractivity (Wildman–Crippen MR) is 76.3 cm³/mol. The molecule has 1 aromatic heterocycles. The Kier molecular flexibility index (Phi) is 5.94. The van der Waals surface area contributed by atoms with Gasteiger partial charge in [0.15, 0.2) is 0 Å². The van der Waals surface area contributed by atoms with Gasteiger partial charge in [-0.3, -0.25) is 4.90 Å². The Morgan fingerprint density at radius 2 is 2.30 bits per heavy atom. The van der Waals surface area contributed by atoms with Gasteiger partial charge in [-0.25, -0.2) is 0 Å². The summed E-state index contributed by atoms with van der Waals surface area (Å²) in [6.07, 6.45) is 1.10. The summed E-state index contributed by atoms with van der Waals surface area (Å²) in [6, 6.07) is 0. The molecule has 0 spiro atoms. The second kappa shape index (κ2) is 7.71. The Morgan fingerprint density at radius 3 is 3.05 bits per heavy atom. The van der Waals surface area contributed by atoms with Crippen LogP contribution < -0.4 is 5.32 Å². The maximum atomic E-state index is 5.75. The van der Waals surface area contributed by atoms with Gasteiger partial charge in [0.2, 0.25) is 11.7 Å². The van der Waals surface area contributed by atoms with Gasteiger partial charge in [-0.15, -0.1) is 0 Å². The minimum atomic E-state index is -0.0575. The van der Waals surface area contributed by atoms with E-state index in [0.29, 0.717) is 24.2 Å². The summed E-state index contributed by atoms with van der Waals surface area (Å²) in [5, 5.41) is 7.35. The number of hydrogen-bond donors (Lipinski definition) is 1. The molecule has 1 N–H and O–H groups in total. The molecule has 0 radical (unpaired) electrons. The van der Waals surface area contributed by atoms with Crippen LogP contribution in [0.15, 0.2) is 4.52 Å². The number of morpholine rings is 1. The first kappa shape index (κ1) is 15.4. The summed E-state index contributed by atoms with van der Waals surface area (Å²) in [7, 11) is 0. The molecule has 1 atom stereocenters. The molecule has 1 aromatic rings. The number of nitrogens with zero attached hydrogens (tertiary/aromatic N) is 3. The fraction of sp³-hybridized carbons (Fsp3) is 0.857. The van der Waals surface area contributed by atoms with Gasteiger partial charge in [0.25, 0.3) is 0 Å². The van der Waals surface area contributed by atoms with E-state index in [-0.39, 0.29) is 6.10 Å². The largest absolute Gasteiger partial charge is 0.367 e. The van der Waals surface area contributed by atoms with Crippen LogP contribution in [0.2, 0.25) is 0 Å². The Hall–Kier alpha value is -0.980. The Labute approximate surface area is 120 Å². The van der Waals surface area contributed by atoms with Crippen molar-refractivity contribution in [2.24, 2.45) is 5.92 Å². The van der Waals surface area contributed by atoms with Crippen molar-refractivity contribution in [3.8, 4) is 0 Å². The van der Waals surface area contributed by atoms with Gasteiger partial charge in [0.05, 0.1) is 13.2 Å². The number of hydrogen-bond acceptors (Lipinski definition) is 6. The second-order valence-electron chi connectivity index (χ2n) is 5.73. The molecule has 1 aliphatic heterocycles. The van der Waals surface area contributed by atoms with Crippen molar-refractivity contribution >= 4 is 0 Å². The SMILES string of the molecule is CCCN1CCOC(c2noc(CNCC(C)C)n2)C1. The lowest BCUT2D eigenvalue weighted by molar-refractivity contribution is -0.0350. The molecule has 1 unspecified atom stereocenters. The lowest BCUT2D eigenvalue weighted by Crippen LogP contribution is -2.39. The van der Waals surface area contributed by atoms with E-state index in [1.165, 1.54) is 0 Å². The molecule has 0 bridgehead atoms. The minimum Gasteiger partial charge on any atom is -0.367 e. The van der Waals surface area contributed by atoms with Crippen molar-refractivity contribution in [3.63, 3.8) is 0 Å². The first-order valence-corrected chi connectivity index (χ1v) is 7.56. The van der Waals surface area contributed by atoms with E-state index >= 15 is 0 Å². The van der Waals surface area contributed by atoms with Crippen LogP contribution in [0, 0.1) is 5.92 Å². The third-order valence-corrected chi connectivity index (χ3v) is 3.29. The van der Waals surface area contributed by atoms with Crippen molar-refractivity contribution in [1.82, 2.24) is 20.4 Å². The lowest BCUT2D eigenvalue weighted by Gasteiger charge is -2.30. The van der Waals surface area contributed by atoms with Crippen molar-refractivity contribution in [2.45, 2.75) is 39.8 Å². The highest BCUT2D eigenvalue weighted by Gasteiger charge is 2.25. The van der Waals surface area contributed by atoms with Crippen LogP contribution in [0.25, 0.3) is 0 Å². The zero-order valence-corrected chi connectivity index (χ0v) is 12.8. The highest BCUT2D eigenvalue weighted by molar-refractivity contribution is 4.94. The number of nitrogens with one attached hydrogen (secondary N) is 1. The molecule has 6 heteroatoms. The van der Waals surface area contributed by atoms with Crippen LogP contribution in [0.4, 0.5) is 0 Å². The Morgan fingerprint density at radius 1 is 1.45 bits per heavy atom. The van der Waals surface area contributed by atoms with Gasteiger partial charge in [0.1, 0.15) is 6.10 Å². The molecule has 0 aromatic carbocycles. The van der Waals surface area contributed by atoms with Crippen LogP contribution in [-0.4, -0.2) is 47.8 Å². The van der Waals surface area contributed by atoms with Crippen molar-refractivity contribution in [3.05, 3.63) is 11.7 Å². The van der Waals surface area contributed by atoms with Gasteiger partial charge < -0.3 is 14.6 Å². The van der Waals surface area contributed by atoms with Gasteiger partial charge >= 0.3 is 0 Å². The van der Waals surface area contributed by atoms with Crippen LogP contribution in [-0.2, 0) is 11.3 Å². The molecule has 0 aliphatic carbocycles. The van der Waals surface area contributed by atoms with Gasteiger partial charge in [-0.2, -0.15) is 4.98 Å². The summed E-state index contributed by atoms with van der Waals surface area (Å²) < 4.78 is 11.0. The summed E-state index contributed by atoms with van der Waals surface area (Å²) >= 11 is 0. The quantitative estimate of drug-likeness (QED) is 0.819.